The van der Waals surface area contributed by atoms with E-state index in [4.69, 9.17) is 0 Å². The van der Waals surface area contributed by atoms with Gasteiger partial charge >= 0.3 is 0 Å². The molecule has 1 amide bonds. The lowest BCUT2D eigenvalue weighted by molar-refractivity contribution is -0.914. The molecule has 0 saturated carbocycles. The third-order valence-corrected chi connectivity index (χ3v) is 6.50. The first-order chi connectivity index (χ1) is 14.8. The topological polar surface area (TPSA) is 41.2 Å². The molecule has 2 saturated heterocycles. The third kappa shape index (κ3) is 6.07. The number of hydrogen-bond acceptors (Lipinski definition) is 2. The maximum absolute atomic E-state index is 12.4. The molecule has 0 bridgehead atoms. The van der Waals surface area contributed by atoms with E-state index in [1.54, 1.807) is 4.90 Å². The highest BCUT2D eigenvalue weighted by molar-refractivity contribution is 5.91. The molecule has 2 aliphatic heterocycles. The predicted octanol–water partition coefficient (Wildman–Crippen LogP) is 0.989. The van der Waals surface area contributed by atoms with Crippen molar-refractivity contribution in [3.05, 3.63) is 60.2 Å². The molecule has 2 aliphatic rings. The van der Waals surface area contributed by atoms with Crippen molar-refractivity contribution in [3.63, 3.8) is 0 Å². The Labute approximate surface area is 180 Å². The van der Waals surface area contributed by atoms with Crippen molar-refractivity contribution >= 4 is 17.3 Å². The lowest BCUT2D eigenvalue weighted by atomic mass is 10.2. The monoisotopic (exact) mass is 408 g/mol. The third-order valence-electron chi connectivity index (χ3n) is 6.50. The summed E-state index contributed by atoms with van der Waals surface area (Å²) in [6, 6.07) is 19.2. The number of carbonyl (C=O) groups is 1. The van der Waals surface area contributed by atoms with Crippen molar-refractivity contribution in [1.82, 2.24) is 0 Å². The number of likely N-dealkylation sites (tertiary alicyclic amines) is 1. The van der Waals surface area contributed by atoms with Gasteiger partial charge in [0.1, 0.15) is 6.54 Å². The molecule has 0 aliphatic carbocycles. The van der Waals surface area contributed by atoms with Gasteiger partial charge in [0, 0.05) is 16.9 Å². The number of anilines is 2. The van der Waals surface area contributed by atoms with Gasteiger partial charge in [-0.1, -0.05) is 30.3 Å². The summed E-state index contributed by atoms with van der Waals surface area (Å²) < 4.78 is 0. The largest absolute Gasteiger partial charge is 0.360 e. The quantitative estimate of drug-likeness (QED) is 0.667. The Morgan fingerprint density at radius 1 is 0.800 bits per heavy atom. The normalized spacial score (nSPS) is 18.7. The van der Waals surface area contributed by atoms with Crippen LogP contribution in [0.1, 0.15) is 31.2 Å². The zero-order valence-electron chi connectivity index (χ0n) is 18.0. The van der Waals surface area contributed by atoms with E-state index < -0.39 is 0 Å². The molecule has 160 valence electrons. The summed E-state index contributed by atoms with van der Waals surface area (Å²) in [6.45, 7) is 8.43. The summed E-state index contributed by atoms with van der Waals surface area (Å²) in [5.41, 5.74) is 3.58. The van der Waals surface area contributed by atoms with Gasteiger partial charge < -0.3 is 20.0 Å². The van der Waals surface area contributed by atoms with Crippen LogP contribution in [0.15, 0.2) is 54.6 Å². The molecule has 2 heterocycles. The minimum Gasteiger partial charge on any atom is -0.360 e. The van der Waals surface area contributed by atoms with Gasteiger partial charge in [-0.25, -0.2) is 0 Å². The number of quaternary nitrogens is 2. The summed E-state index contributed by atoms with van der Waals surface area (Å²) >= 11 is 0. The highest BCUT2D eigenvalue weighted by Gasteiger charge is 2.20. The van der Waals surface area contributed by atoms with Gasteiger partial charge in [-0.3, -0.25) is 4.79 Å². The number of nitrogens with one attached hydrogen (secondary N) is 3. The highest BCUT2D eigenvalue weighted by Crippen LogP contribution is 2.18. The van der Waals surface area contributed by atoms with Crippen LogP contribution in [-0.4, -0.2) is 51.7 Å². The molecule has 5 nitrogen and oxygen atoms in total. The van der Waals surface area contributed by atoms with Crippen LogP contribution < -0.4 is 20.0 Å². The Kier molecular flexibility index (Phi) is 7.38. The van der Waals surface area contributed by atoms with Gasteiger partial charge in [-0.15, -0.1) is 0 Å². The second-order valence-electron chi connectivity index (χ2n) is 8.84. The number of benzene rings is 2. The van der Waals surface area contributed by atoms with Crippen LogP contribution in [0.4, 0.5) is 11.4 Å². The Morgan fingerprint density at radius 3 is 2.13 bits per heavy atom. The van der Waals surface area contributed by atoms with Crippen molar-refractivity contribution in [2.75, 3.05) is 56.0 Å². The molecule has 4 rings (SSSR count). The number of piperazine rings is 1. The van der Waals surface area contributed by atoms with E-state index >= 15 is 0 Å². The van der Waals surface area contributed by atoms with Gasteiger partial charge in [0.2, 0.25) is 0 Å². The molecule has 2 fully saturated rings. The average molecular weight is 409 g/mol. The molecule has 5 heteroatoms. The van der Waals surface area contributed by atoms with Crippen molar-refractivity contribution < 1.29 is 14.6 Å². The van der Waals surface area contributed by atoms with E-state index in [1.165, 1.54) is 41.8 Å². The van der Waals surface area contributed by atoms with Crippen LogP contribution in [0.3, 0.4) is 0 Å². The van der Waals surface area contributed by atoms with Crippen LogP contribution in [0.25, 0.3) is 0 Å². The first kappa shape index (κ1) is 20.9. The van der Waals surface area contributed by atoms with Gasteiger partial charge in [0.05, 0.1) is 39.3 Å². The Hall–Kier alpha value is -2.37. The number of rotatable bonds is 6. The number of amides is 1. The van der Waals surface area contributed by atoms with E-state index in [2.05, 4.69) is 52.7 Å². The molecule has 0 aromatic heterocycles. The Morgan fingerprint density at radius 2 is 1.47 bits per heavy atom. The Balaban J connectivity index is 1.23. The lowest BCUT2D eigenvalue weighted by Gasteiger charge is -2.33. The molecule has 2 aromatic carbocycles. The van der Waals surface area contributed by atoms with Gasteiger partial charge in [0.15, 0.2) is 6.54 Å². The molecule has 0 radical (unpaired) electrons. The van der Waals surface area contributed by atoms with Gasteiger partial charge in [0.25, 0.3) is 5.91 Å². The van der Waals surface area contributed by atoms with Crippen LogP contribution in [-0.2, 0) is 11.3 Å². The molecule has 0 unspecified atom stereocenters. The van der Waals surface area contributed by atoms with Crippen LogP contribution in [0, 0.1) is 0 Å². The van der Waals surface area contributed by atoms with Crippen molar-refractivity contribution in [3.8, 4) is 0 Å². The van der Waals surface area contributed by atoms with E-state index in [0.717, 1.165) is 51.5 Å². The van der Waals surface area contributed by atoms with Crippen LogP contribution in [0.2, 0.25) is 0 Å². The number of hydrogen-bond donors (Lipinski definition) is 3. The zero-order valence-corrected chi connectivity index (χ0v) is 18.0. The minimum atomic E-state index is 0.137. The molecule has 30 heavy (non-hydrogen) atoms. The molecular formula is C25H36N4O+2. The van der Waals surface area contributed by atoms with E-state index in [-0.39, 0.29) is 5.91 Å². The summed E-state index contributed by atoms with van der Waals surface area (Å²) in [7, 11) is 0. The van der Waals surface area contributed by atoms with Crippen molar-refractivity contribution in [1.29, 1.82) is 0 Å². The summed E-state index contributed by atoms with van der Waals surface area (Å²) in [6.07, 6.45) is 5.12. The van der Waals surface area contributed by atoms with Crippen LogP contribution >= 0.6 is 0 Å². The SMILES string of the molecule is O=C(C[NH+]1CCCCCC1)Nc1ccc(N2CC[NH+](Cc3ccccc3)CC2)cc1. The maximum Gasteiger partial charge on any atom is 0.279 e. The molecule has 3 N–H and O–H groups in total. The van der Waals surface area contributed by atoms with Crippen molar-refractivity contribution in [2.24, 2.45) is 0 Å². The zero-order chi connectivity index (χ0) is 20.6. The fourth-order valence-corrected chi connectivity index (χ4v) is 4.74. The maximum atomic E-state index is 12.4. The molecule has 0 atom stereocenters. The number of nitrogens with zero attached hydrogens (tertiary/aromatic N) is 1. The number of carbonyl (C=O) groups excluding carboxylic acids is 1. The van der Waals surface area contributed by atoms with Crippen molar-refractivity contribution in [2.45, 2.75) is 32.2 Å². The summed E-state index contributed by atoms with van der Waals surface area (Å²) in [5.74, 6) is 0.137. The van der Waals surface area contributed by atoms with Gasteiger partial charge in [-0.05, 0) is 49.9 Å². The van der Waals surface area contributed by atoms with E-state index in [1.807, 2.05) is 12.1 Å². The predicted molar refractivity (Wildman–Crippen MR) is 122 cm³/mol. The standard InChI is InChI=1S/C25H34N4O/c30-25(21-27-14-6-1-2-7-15-27)26-23-10-12-24(13-11-23)29-18-16-28(17-19-29)20-22-8-4-3-5-9-22/h3-5,8-13H,1-2,6-7,14-21H2,(H,26,30)/p+2. The first-order valence-corrected chi connectivity index (χ1v) is 11.6. The molecule has 2 aromatic rings. The Bertz CT molecular complexity index is 777. The van der Waals surface area contributed by atoms with E-state index in [9.17, 15) is 4.79 Å². The summed E-state index contributed by atoms with van der Waals surface area (Å²) in [4.78, 5) is 18.0. The minimum absolute atomic E-state index is 0.137. The second kappa shape index (κ2) is 10.6. The molecular weight excluding hydrogens is 372 g/mol. The first-order valence-electron chi connectivity index (χ1n) is 11.6. The second-order valence-corrected chi connectivity index (χ2v) is 8.84. The summed E-state index contributed by atoms with van der Waals surface area (Å²) in [5, 5.41) is 3.09. The lowest BCUT2D eigenvalue weighted by Crippen LogP contribution is -3.13. The van der Waals surface area contributed by atoms with Gasteiger partial charge in [-0.2, -0.15) is 0 Å². The fourth-order valence-electron chi connectivity index (χ4n) is 4.74. The van der Waals surface area contributed by atoms with Crippen LogP contribution in [0.5, 0.6) is 0 Å². The van der Waals surface area contributed by atoms with E-state index in [0.29, 0.717) is 6.54 Å². The molecule has 0 spiro atoms. The fraction of sp³-hybridized carbons (Fsp3) is 0.480. The smallest absolute Gasteiger partial charge is 0.279 e. The average Bonchev–Trinajstić information content (AvgIpc) is 3.04. The highest BCUT2D eigenvalue weighted by atomic mass is 16.2.